The summed E-state index contributed by atoms with van der Waals surface area (Å²) in [6, 6.07) is 6.67. The summed E-state index contributed by atoms with van der Waals surface area (Å²) in [4.78, 5) is 16.9. The van der Waals surface area contributed by atoms with Gasteiger partial charge in [-0.05, 0) is 56.6 Å². The van der Waals surface area contributed by atoms with Crippen molar-refractivity contribution in [2.75, 3.05) is 18.9 Å². The van der Waals surface area contributed by atoms with Crippen LogP contribution in [0.1, 0.15) is 25.3 Å². The maximum Gasteiger partial charge on any atom is 0.221 e. The summed E-state index contributed by atoms with van der Waals surface area (Å²) >= 11 is 0. The fourth-order valence-electron chi connectivity index (χ4n) is 3.12. The molecule has 2 N–H and O–H groups in total. The minimum Gasteiger partial charge on any atom is -0.361 e. The number of nitrogens with zero attached hydrogens (tertiary/aromatic N) is 1. The first-order valence-corrected chi connectivity index (χ1v) is 7.21. The van der Waals surface area contributed by atoms with E-state index in [-0.39, 0.29) is 5.91 Å². The highest BCUT2D eigenvalue weighted by molar-refractivity contribution is 5.93. The number of hydrogen-bond donors (Lipinski definition) is 2. The van der Waals surface area contributed by atoms with E-state index in [2.05, 4.69) is 34.5 Å². The molecule has 1 unspecified atom stereocenters. The van der Waals surface area contributed by atoms with Crippen LogP contribution in [0.15, 0.2) is 24.4 Å². The summed E-state index contributed by atoms with van der Waals surface area (Å²) in [5.41, 5.74) is 3.34. The molecule has 2 heterocycles. The lowest BCUT2D eigenvalue weighted by Crippen LogP contribution is -2.26. The van der Waals surface area contributed by atoms with Crippen molar-refractivity contribution in [2.45, 2.75) is 32.2 Å². The molecule has 2 aromatic rings. The summed E-state index contributed by atoms with van der Waals surface area (Å²) in [6.45, 7) is 2.74. The van der Waals surface area contributed by atoms with Crippen molar-refractivity contribution in [3.8, 4) is 0 Å². The molecule has 1 aliphatic heterocycles. The number of benzene rings is 1. The van der Waals surface area contributed by atoms with Gasteiger partial charge in [0, 0.05) is 35.8 Å². The van der Waals surface area contributed by atoms with Crippen LogP contribution in [0, 0.1) is 0 Å². The number of likely N-dealkylation sites (N-methyl/N-ethyl adjacent to an activating group) is 1. The zero-order chi connectivity index (χ0) is 14.1. The molecule has 1 aromatic heterocycles. The summed E-state index contributed by atoms with van der Waals surface area (Å²) in [5.74, 6) is -0.0306. The largest absolute Gasteiger partial charge is 0.361 e. The number of fused-ring (bicyclic) bond motifs is 1. The molecule has 0 aliphatic carbocycles. The molecule has 0 bridgehead atoms. The van der Waals surface area contributed by atoms with E-state index in [4.69, 9.17) is 0 Å². The molecule has 4 heteroatoms. The number of H-pyrrole nitrogens is 1. The molecule has 20 heavy (non-hydrogen) atoms. The van der Waals surface area contributed by atoms with Gasteiger partial charge in [-0.25, -0.2) is 0 Å². The third kappa shape index (κ3) is 2.56. The van der Waals surface area contributed by atoms with Gasteiger partial charge in [-0.2, -0.15) is 0 Å². The zero-order valence-corrected chi connectivity index (χ0v) is 12.1. The Morgan fingerprint density at radius 1 is 1.50 bits per heavy atom. The second-order valence-corrected chi connectivity index (χ2v) is 5.74. The van der Waals surface area contributed by atoms with Crippen LogP contribution in [0.5, 0.6) is 0 Å². The Balaban J connectivity index is 1.88. The summed E-state index contributed by atoms with van der Waals surface area (Å²) < 4.78 is 0. The third-order valence-corrected chi connectivity index (χ3v) is 4.21. The summed E-state index contributed by atoms with van der Waals surface area (Å²) in [6.07, 6.45) is 5.74. The minimum absolute atomic E-state index is 0.0306. The first-order valence-electron chi connectivity index (χ1n) is 7.21. The quantitative estimate of drug-likeness (QED) is 0.901. The predicted molar refractivity (Wildman–Crippen MR) is 82.0 cm³/mol. The van der Waals surface area contributed by atoms with Crippen LogP contribution in [0.4, 0.5) is 5.69 Å². The normalized spacial score (nSPS) is 19.6. The second-order valence-electron chi connectivity index (χ2n) is 5.74. The second kappa shape index (κ2) is 5.29. The standard InChI is InChI=1S/C16H21N3O/c1-11(20)18-13-5-6-16-15(9-13)12(10-17-16)8-14-4-3-7-19(14)2/h5-6,9-10,14,17H,3-4,7-8H2,1-2H3,(H,18,20). The van der Waals surface area contributed by atoms with E-state index in [0.717, 1.165) is 17.6 Å². The van der Waals surface area contributed by atoms with Crippen LogP contribution in [-0.2, 0) is 11.2 Å². The first kappa shape index (κ1) is 13.2. The lowest BCUT2D eigenvalue weighted by Gasteiger charge is -2.18. The SMILES string of the molecule is CC(=O)Nc1ccc2[nH]cc(CC3CCCN3C)c2c1. The zero-order valence-electron chi connectivity index (χ0n) is 12.1. The van der Waals surface area contributed by atoms with Gasteiger partial charge in [0.25, 0.3) is 0 Å². The van der Waals surface area contributed by atoms with Crippen molar-refractivity contribution in [3.63, 3.8) is 0 Å². The van der Waals surface area contributed by atoms with Crippen molar-refractivity contribution >= 4 is 22.5 Å². The molecule has 1 aliphatic rings. The molecular formula is C16H21N3O. The van der Waals surface area contributed by atoms with Crippen molar-refractivity contribution < 1.29 is 4.79 Å². The van der Waals surface area contributed by atoms with Crippen molar-refractivity contribution in [3.05, 3.63) is 30.0 Å². The van der Waals surface area contributed by atoms with Crippen LogP contribution in [0.2, 0.25) is 0 Å². The van der Waals surface area contributed by atoms with E-state index in [1.807, 2.05) is 12.1 Å². The Bertz CT molecular complexity index is 632. The van der Waals surface area contributed by atoms with Crippen molar-refractivity contribution in [1.82, 2.24) is 9.88 Å². The molecule has 106 valence electrons. The number of aromatic amines is 1. The van der Waals surface area contributed by atoms with Gasteiger partial charge in [-0.15, -0.1) is 0 Å². The van der Waals surface area contributed by atoms with Gasteiger partial charge in [0.05, 0.1) is 0 Å². The Morgan fingerprint density at radius 2 is 2.35 bits per heavy atom. The molecule has 1 fully saturated rings. The van der Waals surface area contributed by atoms with Crippen LogP contribution < -0.4 is 5.32 Å². The van der Waals surface area contributed by atoms with E-state index in [9.17, 15) is 4.79 Å². The Labute approximate surface area is 119 Å². The number of amides is 1. The van der Waals surface area contributed by atoms with Gasteiger partial charge in [0.2, 0.25) is 5.91 Å². The number of aromatic nitrogens is 1. The average Bonchev–Trinajstić information content (AvgIpc) is 2.97. The highest BCUT2D eigenvalue weighted by Gasteiger charge is 2.22. The monoisotopic (exact) mass is 271 g/mol. The third-order valence-electron chi connectivity index (χ3n) is 4.21. The number of likely N-dealkylation sites (tertiary alicyclic amines) is 1. The van der Waals surface area contributed by atoms with Gasteiger partial charge in [0.1, 0.15) is 0 Å². The van der Waals surface area contributed by atoms with Gasteiger partial charge in [0.15, 0.2) is 0 Å². The molecule has 1 atom stereocenters. The van der Waals surface area contributed by atoms with Crippen LogP contribution in [-0.4, -0.2) is 35.4 Å². The Morgan fingerprint density at radius 3 is 3.05 bits per heavy atom. The molecule has 1 amide bonds. The maximum atomic E-state index is 11.2. The number of rotatable bonds is 3. The molecule has 4 nitrogen and oxygen atoms in total. The van der Waals surface area contributed by atoms with E-state index in [1.54, 1.807) is 0 Å². The Hall–Kier alpha value is -1.81. The van der Waals surface area contributed by atoms with E-state index in [1.165, 1.54) is 37.3 Å². The van der Waals surface area contributed by atoms with Gasteiger partial charge in [-0.1, -0.05) is 0 Å². The van der Waals surface area contributed by atoms with Crippen LogP contribution in [0.25, 0.3) is 10.9 Å². The number of hydrogen-bond acceptors (Lipinski definition) is 2. The van der Waals surface area contributed by atoms with Crippen LogP contribution in [0.3, 0.4) is 0 Å². The van der Waals surface area contributed by atoms with Gasteiger partial charge in [-0.3, -0.25) is 4.79 Å². The van der Waals surface area contributed by atoms with Gasteiger partial charge < -0.3 is 15.2 Å². The van der Waals surface area contributed by atoms with E-state index >= 15 is 0 Å². The molecular weight excluding hydrogens is 250 g/mol. The summed E-state index contributed by atoms with van der Waals surface area (Å²) in [7, 11) is 2.20. The summed E-state index contributed by atoms with van der Waals surface area (Å²) in [5, 5.41) is 4.07. The topological polar surface area (TPSA) is 48.1 Å². The first-order chi connectivity index (χ1) is 9.63. The lowest BCUT2D eigenvalue weighted by atomic mass is 10.0. The highest BCUT2D eigenvalue weighted by Crippen LogP contribution is 2.26. The number of carbonyl (C=O) groups excluding carboxylic acids is 1. The lowest BCUT2D eigenvalue weighted by molar-refractivity contribution is -0.114. The fourth-order valence-corrected chi connectivity index (χ4v) is 3.12. The maximum absolute atomic E-state index is 11.2. The highest BCUT2D eigenvalue weighted by atomic mass is 16.1. The van der Waals surface area contributed by atoms with Crippen molar-refractivity contribution in [1.29, 1.82) is 0 Å². The molecule has 0 saturated carbocycles. The predicted octanol–water partition coefficient (Wildman–Crippen LogP) is 2.76. The van der Waals surface area contributed by atoms with E-state index < -0.39 is 0 Å². The van der Waals surface area contributed by atoms with E-state index in [0.29, 0.717) is 6.04 Å². The average molecular weight is 271 g/mol. The molecule has 1 aromatic carbocycles. The number of carbonyl (C=O) groups is 1. The number of nitrogens with one attached hydrogen (secondary N) is 2. The Kier molecular flexibility index (Phi) is 3.49. The van der Waals surface area contributed by atoms with Crippen LogP contribution >= 0.6 is 0 Å². The molecule has 0 spiro atoms. The smallest absolute Gasteiger partial charge is 0.221 e. The number of anilines is 1. The minimum atomic E-state index is -0.0306. The molecule has 0 radical (unpaired) electrons. The molecule has 3 rings (SSSR count). The fraction of sp³-hybridized carbons (Fsp3) is 0.438. The molecule has 1 saturated heterocycles. The van der Waals surface area contributed by atoms with Crippen molar-refractivity contribution in [2.24, 2.45) is 0 Å². The van der Waals surface area contributed by atoms with Gasteiger partial charge >= 0.3 is 0 Å².